The van der Waals surface area contributed by atoms with E-state index in [1.54, 1.807) is 18.9 Å². The van der Waals surface area contributed by atoms with Crippen LogP contribution in [-0.2, 0) is 0 Å². The molecule has 0 aromatic heterocycles. The van der Waals surface area contributed by atoms with E-state index in [-0.39, 0.29) is 12.1 Å². The predicted molar refractivity (Wildman–Crippen MR) is 98.1 cm³/mol. The van der Waals surface area contributed by atoms with Gasteiger partial charge in [-0.25, -0.2) is 0 Å². The fourth-order valence-corrected chi connectivity index (χ4v) is 3.21. The van der Waals surface area contributed by atoms with Crippen molar-refractivity contribution in [3.05, 3.63) is 65.7 Å². The molecule has 0 saturated heterocycles. The molecule has 124 valence electrons. The van der Waals surface area contributed by atoms with Crippen molar-refractivity contribution >= 4 is 11.8 Å². The second-order valence-corrected chi connectivity index (χ2v) is 6.50. The maximum absolute atomic E-state index is 10.6. The highest BCUT2D eigenvalue weighted by Gasteiger charge is 2.20. The van der Waals surface area contributed by atoms with Gasteiger partial charge in [0.05, 0.1) is 13.2 Å². The number of methoxy groups -OCH3 is 1. The van der Waals surface area contributed by atoms with E-state index in [4.69, 9.17) is 4.74 Å². The van der Waals surface area contributed by atoms with Crippen molar-refractivity contribution in [2.24, 2.45) is 0 Å². The highest BCUT2D eigenvalue weighted by Crippen LogP contribution is 2.24. The van der Waals surface area contributed by atoms with Crippen LogP contribution in [0.2, 0.25) is 0 Å². The minimum absolute atomic E-state index is 0.0549. The number of nitrogens with one attached hydrogen (secondary N) is 1. The van der Waals surface area contributed by atoms with Gasteiger partial charge < -0.3 is 15.2 Å². The van der Waals surface area contributed by atoms with Gasteiger partial charge in [-0.15, -0.1) is 0 Å². The SMILES string of the molecule is COc1ccc(C(O)C(C)NC(CSC)c2ccccc2)cc1. The van der Waals surface area contributed by atoms with Crippen molar-refractivity contribution in [3.8, 4) is 5.75 Å². The van der Waals surface area contributed by atoms with Crippen LogP contribution in [0.4, 0.5) is 0 Å². The number of hydrogen-bond acceptors (Lipinski definition) is 4. The highest BCUT2D eigenvalue weighted by atomic mass is 32.2. The molecule has 23 heavy (non-hydrogen) atoms. The average Bonchev–Trinajstić information content (AvgIpc) is 2.61. The third-order valence-electron chi connectivity index (χ3n) is 3.93. The number of ether oxygens (including phenoxy) is 1. The quantitative estimate of drug-likeness (QED) is 0.772. The number of thioether (sulfide) groups is 1. The molecule has 3 unspecified atom stereocenters. The van der Waals surface area contributed by atoms with Gasteiger partial charge in [0, 0.05) is 17.8 Å². The van der Waals surface area contributed by atoms with Crippen LogP contribution in [0.5, 0.6) is 5.75 Å². The standard InChI is InChI=1S/C19H25NO2S/c1-14(19(21)16-9-11-17(22-2)12-10-16)20-18(13-23-3)15-7-5-4-6-8-15/h4-12,14,18-21H,13H2,1-3H3. The van der Waals surface area contributed by atoms with Gasteiger partial charge in [-0.3, -0.25) is 0 Å². The summed E-state index contributed by atoms with van der Waals surface area (Å²) in [5.74, 6) is 1.76. The van der Waals surface area contributed by atoms with Crippen LogP contribution in [0, 0.1) is 0 Å². The van der Waals surface area contributed by atoms with E-state index in [9.17, 15) is 5.11 Å². The first-order valence-electron chi connectivity index (χ1n) is 7.77. The topological polar surface area (TPSA) is 41.5 Å². The Morgan fingerprint density at radius 3 is 2.26 bits per heavy atom. The number of aliphatic hydroxyl groups is 1. The second kappa shape index (κ2) is 8.96. The first kappa shape index (κ1) is 17.9. The predicted octanol–water partition coefficient (Wildman–Crippen LogP) is 3.81. The Balaban J connectivity index is 2.06. The van der Waals surface area contributed by atoms with Crippen LogP contribution in [0.15, 0.2) is 54.6 Å². The van der Waals surface area contributed by atoms with Gasteiger partial charge in [0.25, 0.3) is 0 Å². The van der Waals surface area contributed by atoms with E-state index in [0.29, 0.717) is 0 Å². The van der Waals surface area contributed by atoms with Gasteiger partial charge >= 0.3 is 0 Å². The van der Waals surface area contributed by atoms with Gasteiger partial charge in [0.2, 0.25) is 0 Å². The lowest BCUT2D eigenvalue weighted by molar-refractivity contribution is 0.131. The Hall–Kier alpha value is -1.49. The molecular formula is C19H25NO2S. The summed E-state index contributed by atoms with van der Waals surface area (Å²) in [6.45, 7) is 2.02. The Labute approximate surface area is 143 Å². The molecule has 0 heterocycles. The summed E-state index contributed by atoms with van der Waals surface area (Å²) in [6.07, 6.45) is 1.54. The highest BCUT2D eigenvalue weighted by molar-refractivity contribution is 7.98. The number of benzene rings is 2. The third-order valence-corrected chi connectivity index (χ3v) is 4.60. The summed E-state index contributed by atoms with van der Waals surface area (Å²) in [6, 6.07) is 18.1. The van der Waals surface area contributed by atoms with E-state index in [1.165, 1.54) is 5.56 Å². The lowest BCUT2D eigenvalue weighted by Crippen LogP contribution is -2.36. The van der Waals surface area contributed by atoms with Crippen molar-refractivity contribution in [1.29, 1.82) is 0 Å². The van der Waals surface area contributed by atoms with Crippen LogP contribution in [0.25, 0.3) is 0 Å². The molecule has 0 aliphatic heterocycles. The monoisotopic (exact) mass is 331 g/mol. The lowest BCUT2D eigenvalue weighted by Gasteiger charge is -2.27. The van der Waals surface area contributed by atoms with Gasteiger partial charge in [-0.1, -0.05) is 42.5 Å². The minimum Gasteiger partial charge on any atom is -0.497 e. The molecule has 0 bridgehead atoms. The summed E-state index contributed by atoms with van der Waals surface area (Å²) in [4.78, 5) is 0. The second-order valence-electron chi connectivity index (χ2n) is 5.59. The van der Waals surface area contributed by atoms with Crippen LogP contribution in [0.1, 0.15) is 30.2 Å². The summed E-state index contributed by atoms with van der Waals surface area (Å²) < 4.78 is 5.16. The Morgan fingerprint density at radius 1 is 1.04 bits per heavy atom. The van der Waals surface area contributed by atoms with E-state index >= 15 is 0 Å². The smallest absolute Gasteiger partial charge is 0.118 e. The summed E-state index contributed by atoms with van der Waals surface area (Å²) >= 11 is 1.80. The molecule has 4 heteroatoms. The molecule has 2 aromatic carbocycles. The van der Waals surface area contributed by atoms with Gasteiger partial charge in [0.1, 0.15) is 5.75 Å². The van der Waals surface area contributed by atoms with Crippen LogP contribution in [-0.4, -0.2) is 30.3 Å². The maximum Gasteiger partial charge on any atom is 0.118 e. The zero-order valence-corrected chi connectivity index (χ0v) is 14.7. The van der Waals surface area contributed by atoms with E-state index in [0.717, 1.165) is 17.1 Å². The fraction of sp³-hybridized carbons (Fsp3) is 0.368. The van der Waals surface area contributed by atoms with Crippen molar-refractivity contribution < 1.29 is 9.84 Å². The molecule has 0 radical (unpaired) electrons. The van der Waals surface area contributed by atoms with Gasteiger partial charge in [-0.05, 0) is 36.4 Å². The van der Waals surface area contributed by atoms with Crippen molar-refractivity contribution in [2.75, 3.05) is 19.1 Å². The zero-order chi connectivity index (χ0) is 16.7. The molecule has 0 fully saturated rings. The summed E-state index contributed by atoms with van der Waals surface area (Å²) in [5.41, 5.74) is 2.14. The molecule has 0 spiro atoms. The molecular weight excluding hydrogens is 306 g/mol. The van der Waals surface area contributed by atoms with E-state index < -0.39 is 6.10 Å². The first-order chi connectivity index (χ1) is 11.2. The number of aliphatic hydroxyl groups excluding tert-OH is 1. The molecule has 2 rings (SSSR count). The largest absolute Gasteiger partial charge is 0.497 e. The van der Waals surface area contributed by atoms with Crippen molar-refractivity contribution in [3.63, 3.8) is 0 Å². The maximum atomic E-state index is 10.6. The van der Waals surface area contributed by atoms with Gasteiger partial charge in [0.15, 0.2) is 0 Å². The van der Waals surface area contributed by atoms with Crippen LogP contribution < -0.4 is 10.1 Å². The van der Waals surface area contributed by atoms with E-state index in [2.05, 4.69) is 35.8 Å². The van der Waals surface area contributed by atoms with Crippen molar-refractivity contribution in [1.82, 2.24) is 5.32 Å². The summed E-state index contributed by atoms with van der Waals surface area (Å²) in [5, 5.41) is 14.2. The molecule has 3 nitrogen and oxygen atoms in total. The number of rotatable bonds is 8. The Morgan fingerprint density at radius 2 is 1.70 bits per heavy atom. The molecule has 0 aliphatic carbocycles. The minimum atomic E-state index is -0.561. The van der Waals surface area contributed by atoms with Gasteiger partial charge in [-0.2, -0.15) is 11.8 Å². The molecule has 2 aromatic rings. The summed E-state index contributed by atoms with van der Waals surface area (Å²) in [7, 11) is 1.64. The zero-order valence-electron chi connectivity index (χ0n) is 13.9. The lowest BCUT2D eigenvalue weighted by atomic mass is 10.0. The first-order valence-corrected chi connectivity index (χ1v) is 9.17. The van der Waals surface area contributed by atoms with Crippen LogP contribution >= 0.6 is 11.8 Å². The normalized spacial score (nSPS) is 15.0. The Bertz CT molecular complexity index is 574. The fourth-order valence-electron chi connectivity index (χ4n) is 2.59. The average molecular weight is 331 g/mol. The van der Waals surface area contributed by atoms with Crippen molar-refractivity contribution in [2.45, 2.75) is 25.1 Å². The Kier molecular flexibility index (Phi) is 6.96. The molecule has 2 N–H and O–H groups in total. The number of hydrogen-bond donors (Lipinski definition) is 2. The molecule has 0 saturated carbocycles. The molecule has 0 amide bonds. The molecule has 3 atom stereocenters. The van der Waals surface area contributed by atoms with E-state index in [1.807, 2.05) is 37.3 Å². The molecule has 0 aliphatic rings. The third kappa shape index (κ3) is 4.99. The van der Waals surface area contributed by atoms with Crippen LogP contribution in [0.3, 0.4) is 0 Å².